The Morgan fingerprint density at radius 2 is 1.86 bits per heavy atom. The molecule has 2 N–H and O–H groups in total. The lowest BCUT2D eigenvalue weighted by atomic mass is 9.80. The molecule has 0 aliphatic rings. The van der Waals surface area contributed by atoms with Gasteiger partial charge in [0.15, 0.2) is 0 Å². The van der Waals surface area contributed by atoms with Crippen molar-refractivity contribution < 1.29 is 9.90 Å². The van der Waals surface area contributed by atoms with E-state index >= 15 is 0 Å². The highest BCUT2D eigenvalue weighted by atomic mass is 32.2. The normalized spacial score (nSPS) is 13.3. The molecule has 0 saturated heterocycles. The molecule has 118 valence electrons. The summed E-state index contributed by atoms with van der Waals surface area (Å²) in [4.78, 5) is 12.2. The molecule has 1 aromatic rings. The molecule has 4 heteroatoms. The quantitative estimate of drug-likeness (QED) is 0.812. The van der Waals surface area contributed by atoms with Gasteiger partial charge in [-0.05, 0) is 29.9 Å². The van der Waals surface area contributed by atoms with Crippen LogP contribution in [0.1, 0.15) is 43.6 Å². The third-order valence-electron chi connectivity index (χ3n) is 3.66. The Bertz CT molecular complexity index is 454. The zero-order valence-electron chi connectivity index (χ0n) is 13.6. The number of aliphatic hydroxyl groups is 1. The van der Waals surface area contributed by atoms with Crippen molar-refractivity contribution in [2.45, 2.75) is 39.6 Å². The summed E-state index contributed by atoms with van der Waals surface area (Å²) in [6.45, 7) is 8.37. The molecule has 0 radical (unpaired) electrons. The van der Waals surface area contributed by atoms with Crippen LogP contribution in [0, 0.1) is 11.3 Å². The summed E-state index contributed by atoms with van der Waals surface area (Å²) < 4.78 is 0. The Balaban J connectivity index is 2.61. The minimum Gasteiger partial charge on any atom is -0.392 e. The summed E-state index contributed by atoms with van der Waals surface area (Å²) >= 11 is 1.76. The van der Waals surface area contributed by atoms with Crippen molar-refractivity contribution in [2.24, 2.45) is 11.3 Å². The summed E-state index contributed by atoms with van der Waals surface area (Å²) in [6, 6.07) is 7.68. The van der Waals surface area contributed by atoms with Crippen LogP contribution in [0.15, 0.2) is 24.3 Å². The maximum absolute atomic E-state index is 12.2. The van der Waals surface area contributed by atoms with Crippen molar-refractivity contribution >= 4 is 17.7 Å². The van der Waals surface area contributed by atoms with Crippen LogP contribution >= 0.6 is 11.8 Å². The number of carbonyl (C=O) groups is 1. The molecular weight excluding hydrogens is 282 g/mol. The number of carbonyl (C=O) groups excluding carboxylic acids is 1. The van der Waals surface area contributed by atoms with Gasteiger partial charge in [0, 0.05) is 23.3 Å². The van der Waals surface area contributed by atoms with E-state index in [9.17, 15) is 9.90 Å². The van der Waals surface area contributed by atoms with Gasteiger partial charge in [-0.2, -0.15) is 11.8 Å². The van der Waals surface area contributed by atoms with Gasteiger partial charge in [0.25, 0.3) is 5.91 Å². The highest BCUT2D eigenvalue weighted by Crippen LogP contribution is 2.25. The lowest BCUT2D eigenvalue weighted by Crippen LogP contribution is -2.43. The molecule has 0 aliphatic heterocycles. The van der Waals surface area contributed by atoms with Crippen LogP contribution in [0.4, 0.5) is 0 Å². The van der Waals surface area contributed by atoms with Gasteiger partial charge in [0.05, 0.1) is 6.10 Å². The van der Waals surface area contributed by atoms with Crippen LogP contribution in [0.25, 0.3) is 0 Å². The second-order valence-electron chi connectivity index (χ2n) is 6.49. The molecule has 1 atom stereocenters. The van der Waals surface area contributed by atoms with Gasteiger partial charge in [-0.1, -0.05) is 39.8 Å². The zero-order chi connectivity index (χ0) is 16.0. The molecule has 21 heavy (non-hydrogen) atoms. The summed E-state index contributed by atoms with van der Waals surface area (Å²) in [7, 11) is 0. The highest BCUT2D eigenvalue weighted by molar-refractivity contribution is 7.97. The van der Waals surface area contributed by atoms with E-state index in [-0.39, 0.29) is 17.2 Å². The predicted octanol–water partition coefficient (Wildman–Crippen LogP) is 3.32. The van der Waals surface area contributed by atoms with Crippen molar-refractivity contribution in [2.75, 3.05) is 12.8 Å². The number of amides is 1. The molecule has 0 bridgehead atoms. The summed E-state index contributed by atoms with van der Waals surface area (Å²) in [5.41, 5.74) is 1.53. The number of nitrogens with one attached hydrogen (secondary N) is 1. The lowest BCUT2D eigenvalue weighted by molar-refractivity contribution is 0.0138. The van der Waals surface area contributed by atoms with Crippen molar-refractivity contribution in [1.82, 2.24) is 5.32 Å². The standard InChI is InChI=1S/C17H27NO2S/c1-12(2)15(19)17(3,4)11-18-16(20)14-8-6-13(7-9-14)10-21-5/h6-9,12,15,19H,10-11H2,1-5H3,(H,18,20). The van der Waals surface area contributed by atoms with E-state index in [1.165, 1.54) is 5.56 Å². The van der Waals surface area contributed by atoms with Crippen LogP contribution in [-0.2, 0) is 5.75 Å². The molecule has 0 fully saturated rings. The Kier molecular flexibility index (Phi) is 6.75. The van der Waals surface area contributed by atoms with Crippen LogP contribution < -0.4 is 5.32 Å². The van der Waals surface area contributed by atoms with Gasteiger partial charge in [-0.15, -0.1) is 0 Å². The van der Waals surface area contributed by atoms with Crippen molar-refractivity contribution in [3.05, 3.63) is 35.4 Å². The number of hydrogen-bond acceptors (Lipinski definition) is 3. The summed E-state index contributed by atoms with van der Waals surface area (Å²) in [5, 5.41) is 13.1. The SMILES string of the molecule is CSCc1ccc(C(=O)NCC(C)(C)C(O)C(C)C)cc1. The number of benzene rings is 1. The fourth-order valence-electron chi connectivity index (χ4n) is 2.34. The molecule has 0 saturated carbocycles. The first kappa shape index (κ1) is 18.1. The molecule has 1 aromatic carbocycles. The van der Waals surface area contributed by atoms with Crippen LogP contribution in [0.5, 0.6) is 0 Å². The number of rotatable bonds is 7. The highest BCUT2D eigenvalue weighted by Gasteiger charge is 2.30. The molecule has 1 amide bonds. The van der Waals surface area contributed by atoms with Crippen molar-refractivity contribution in [3.63, 3.8) is 0 Å². The lowest BCUT2D eigenvalue weighted by Gasteiger charge is -2.33. The van der Waals surface area contributed by atoms with Crippen LogP contribution in [0.2, 0.25) is 0 Å². The van der Waals surface area contributed by atoms with E-state index in [1.54, 1.807) is 11.8 Å². The molecule has 0 spiro atoms. The number of thioether (sulfide) groups is 1. The van der Waals surface area contributed by atoms with Gasteiger partial charge in [0.2, 0.25) is 0 Å². The third-order valence-corrected chi connectivity index (χ3v) is 4.29. The van der Waals surface area contributed by atoms with Gasteiger partial charge >= 0.3 is 0 Å². The largest absolute Gasteiger partial charge is 0.392 e. The van der Waals surface area contributed by atoms with Gasteiger partial charge in [0.1, 0.15) is 0 Å². The van der Waals surface area contributed by atoms with Crippen LogP contribution in [-0.4, -0.2) is 29.9 Å². The first-order valence-corrected chi connectivity index (χ1v) is 8.71. The van der Waals surface area contributed by atoms with E-state index in [0.717, 1.165) is 5.75 Å². The molecule has 0 aromatic heterocycles. The van der Waals surface area contributed by atoms with E-state index in [1.807, 2.05) is 52.0 Å². The van der Waals surface area contributed by atoms with Gasteiger partial charge < -0.3 is 10.4 Å². The Hall–Kier alpha value is -1.00. The van der Waals surface area contributed by atoms with Crippen LogP contribution in [0.3, 0.4) is 0 Å². The number of aliphatic hydroxyl groups excluding tert-OH is 1. The Labute approximate surface area is 132 Å². The van der Waals surface area contributed by atoms with Gasteiger partial charge in [-0.3, -0.25) is 4.79 Å². The summed E-state index contributed by atoms with van der Waals surface area (Å²) in [6.07, 6.45) is 1.62. The number of hydrogen-bond donors (Lipinski definition) is 2. The maximum Gasteiger partial charge on any atom is 0.251 e. The van der Waals surface area contributed by atoms with E-state index in [2.05, 4.69) is 11.6 Å². The zero-order valence-corrected chi connectivity index (χ0v) is 14.5. The minimum atomic E-state index is -0.443. The topological polar surface area (TPSA) is 49.3 Å². The molecule has 0 heterocycles. The van der Waals surface area contributed by atoms with Crippen molar-refractivity contribution in [3.8, 4) is 0 Å². The van der Waals surface area contributed by atoms with E-state index < -0.39 is 6.10 Å². The average Bonchev–Trinajstić information content (AvgIpc) is 2.45. The third kappa shape index (κ3) is 5.36. The second kappa shape index (κ2) is 7.85. The molecule has 3 nitrogen and oxygen atoms in total. The molecule has 0 aliphatic carbocycles. The van der Waals surface area contributed by atoms with Gasteiger partial charge in [-0.25, -0.2) is 0 Å². The van der Waals surface area contributed by atoms with Crippen molar-refractivity contribution in [1.29, 1.82) is 0 Å². The smallest absolute Gasteiger partial charge is 0.251 e. The first-order valence-electron chi connectivity index (χ1n) is 7.32. The molecule has 1 rings (SSSR count). The fourth-order valence-corrected chi connectivity index (χ4v) is 2.86. The fraction of sp³-hybridized carbons (Fsp3) is 0.588. The predicted molar refractivity (Wildman–Crippen MR) is 90.6 cm³/mol. The van der Waals surface area contributed by atoms with E-state index in [4.69, 9.17) is 0 Å². The minimum absolute atomic E-state index is 0.0882. The monoisotopic (exact) mass is 309 g/mol. The molecule has 1 unspecified atom stereocenters. The average molecular weight is 309 g/mol. The summed E-state index contributed by atoms with van der Waals surface area (Å²) in [5.74, 6) is 1.03. The second-order valence-corrected chi connectivity index (χ2v) is 7.36. The Morgan fingerprint density at radius 3 is 2.33 bits per heavy atom. The van der Waals surface area contributed by atoms with E-state index in [0.29, 0.717) is 12.1 Å². The first-order chi connectivity index (χ1) is 9.77. The molecular formula is C17H27NO2S. The Morgan fingerprint density at radius 1 is 1.29 bits per heavy atom. The maximum atomic E-state index is 12.2.